The fourth-order valence-electron chi connectivity index (χ4n) is 1.69. The van der Waals surface area contributed by atoms with Crippen molar-refractivity contribution in [2.45, 2.75) is 26.1 Å². The quantitative estimate of drug-likeness (QED) is 0.634. The lowest BCUT2D eigenvalue weighted by Gasteiger charge is -2.17. The van der Waals surface area contributed by atoms with Crippen molar-refractivity contribution in [2.24, 2.45) is 0 Å². The van der Waals surface area contributed by atoms with Gasteiger partial charge in [0, 0.05) is 19.7 Å². The van der Waals surface area contributed by atoms with Gasteiger partial charge in [-0.1, -0.05) is 30.3 Å². The number of hydrogen-bond donors (Lipinski definition) is 2. The summed E-state index contributed by atoms with van der Waals surface area (Å²) in [5, 5.41) is 12.9. The molecule has 0 spiro atoms. The maximum atomic E-state index is 9.77. The average Bonchev–Trinajstić information content (AvgIpc) is 2.45. The van der Waals surface area contributed by atoms with Gasteiger partial charge in [-0.15, -0.1) is 0 Å². The van der Waals surface area contributed by atoms with Gasteiger partial charge in [0.2, 0.25) is 0 Å². The standard InChI is InChI=1S/C15H25NO3/c1-3-18-10-9-16-11-15(17)12-19-13(2)14-7-5-4-6-8-14/h4-8,13,15-17H,3,9-12H2,1-2H3. The zero-order chi connectivity index (χ0) is 13.9. The number of aliphatic hydroxyl groups excluding tert-OH is 1. The first-order valence-electron chi connectivity index (χ1n) is 6.87. The van der Waals surface area contributed by atoms with Crippen molar-refractivity contribution in [3.63, 3.8) is 0 Å². The number of ether oxygens (including phenoxy) is 2. The summed E-state index contributed by atoms with van der Waals surface area (Å²) >= 11 is 0. The molecule has 2 atom stereocenters. The Balaban J connectivity index is 2.11. The highest BCUT2D eigenvalue weighted by Gasteiger charge is 2.09. The van der Waals surface area contributed by atoms with Crippen LogP contribution in [0, 0.1) is 0 Å². The molecule has 1 aromatic rings. The predicted molar refractivity (Wildman–Crippen MR) is 76.2 cm³/mol. The van der Waals surface area contributed by atoms with Crippen LogP contribution in [0.25, 0.3) is 0 Å². The van der Waals surface area contributed by atoms with Crippen LogP contribution in [0.3, 0.4) is 0 Å². The normalized spacial score (nSPS) is 14.3. The summed E-state index contributed by atoms with van der Waals surface area (Å²) in [6, 6.07) is 10.0. The summed E-state index contributed by atoms with van der Waals surface area (Å²) in [5.74, 6) is 0. The van der Waals surface area contributed by atoms with Crippen molar-refractivity contribution in [1.29, 1.82) is 0 Å². The first kappa shape index (κ1) is 16.1. The predicted octanol–water partition coefficient (Wildman–Crippen LogP) is 1.75. The number of benzene rings is 1. The zero-order valence-electron chi connectivity index (χ0n) is 11.8. The fraction of sp³-hybridized carbons (Fsp3) is 0.600. The smallest absolute Gasteiger partial charge is 0.0897 e. The van der Waals surface area contributed by atoms with E-state index in [1.165, 1.54) is 0 Å². The molecule has 0 saturated carbocycles. The minimum absolute atomic E-state index is 0.000672. The zero-order valence-corrected chi connectivity index (χ0v) is 11.8. The van der Waals surface area contributed by atoms with E-state index < -0.39 is 6.10 Å². The third-order valence-corrected chi connectivity index (χ3v) is 2.81. The highest BCUT2D eigenvalue weighted by molar-refractivity contribution is 5.16. The summed E-state index contributed by atoms with van der Waals surface area (Å²) in [4.78, 5) is 0. The molecule has 108 valence electrons. The van der Waals surface area contributed by atoms with Gasteiger partial charge >= 0.3 is 0 Å². The Morgan fingerprint density at radius 3 is 2.68 bits per heavy atom. The molecule has 0 fully saturated rings. The van der Waals surface area contributed by atoms with E-state index in [1.54, 1.807) is 0 Å². The van der Waals surface area contributed by atoms with Gasteiger partial charge in [0.1, 0.15) is 0 Å². The molecular weight excluding hydrogens is 242 g/mol. The van der Waals surface area contributed by atoms with Gasteiger partial charge in [-0.25, -0.2) is 0 Å². The SMILES string of the molecule is CCOCCNCC(O)COC(C)c1ccccc1. The molecule has 0 radical (unpaired) electrons. The van der Waals surface area contributed by atoms with Crippen molar-refractivity contribution >= 4 is 0 Å². The summed E-state index contributed by atoms with van der Waals surface area (Å²) in [7, 11) is 0. The molecule has 2 N–H and O–H groups in total. The third kappa shape index (κ3) is 7.28. The number of rotatable bonds is 10. The second-order valence-corrected chi connectivity index (χ2v) is 4.44. The average molecular weight is 267 g/mol. The maximum Gasteiger partial charge on any atom is 0.0897 e. The molecule has 0 bridgehead atoms. The molecule has 1 aromatic carbocycles. The van der Waals surface area contributed by atoms with Crippen molar-refractivity contribution in [3.05, 3.63) is 35.9 Å². The van der Waals surface area contributed by atoms with Crippen molar-refractivity contribution < 1.29 is 14.6 Å². The Morgan fingerprint density at radius 1 is 1.26 bits per heavy atom. The Kier molecular flexibility index (Phi) is 8.41. The summed E-state index contributed by atoms with van der Waals surface area (Å²) in [5.41, 5.74) is 1.12. The van der Waals surface area contributed by atoms with Gasteiger partial charge < -0.3 is 19.9 Å². The molecule has 4 heteroatoms. The molecule has 19 heavy (non-hydrogen) atoms. The van der Waals surface area contributed by atoms with Gasteiger partial charge in [0.25, 0.3) is 0 Å². The van der Waals surface area contributed by atoms with E-state index in [0.29, 0.717) is 19.8 Å². The van der Waals surface area contributed by atoms with E-state index in [-0.39, 0.29) is 6.10 Å². The largest absolute Gasteiger partial charge is 0.389 e. The van der Waals surface area contributed by atoms with Crippen LogP contribution < -0.4 is 5.32 Å². The van der Waals surface area contributed by atoms with Crippen LogP contribution in [0.1, 0.15) is 25.5 Å². The second kappa shape index (κ2) is 9.92. The van der Waals surface area contributed by atoms with Crippen molar-refractivity contribution in [2.75, 3.05) is 32.9 Å². The Morgan fingerprint density at radius 2 is 2.00 bits per heavy atom. The molecular formula is C15H25NO3. The topological polar surface area (TPSA) is 50.7 Å². The molecule has 2 unspecified atom stereocenters. The van der Waals surface area contributed by atoms with E-state index in [0.717, 1.165) is 18.7 Å². The minimum atomic E-state index is -0.493. The summed E-state index contributed by atoms with van der Waals surface area (Å²) < 4.78 is 10.8. The summed E-state index contributed by atoms with van der Waals surface area (Å²) in [6.07, 6.45) is -0.493. The lowest BCUT2D eigenvalue weighted by Crippen LogP contribution is -2.32. The van der Waals surface area contributed by atoms with Gasteiger partial charge in [-0.3, -0.25) is 0 Å². The Hall–Kier alpha value is -0.940. The lowest BCUT2D eigenvalue weighted by molar-refractivity contribution is -0.00253. The number of hydrogen-bond acceptors (Lipinski definition) is 4. The van der Waals surface area contributed by atoms with Crippen molar-refractivity contribution in [1.82, 2.24) is 5.32 Å². The lowest BCUT2D eigenvalue weighted by atomic mass is 10.1. The Labute approximate surface area is 115 Å². The Bertz CT molecular complexity index is 318. The molecule has 0 saturated heterocycles. The van der Waals surface area contributed by atoms with Crippen LogP contribution in [0.4, 0.5) is 0 Å². The second-order valence-electron chi connectivity index (χ2n) is 4.44. The minimum Gasteiger partial charge on any atom is -0.389 e. The molecule has 4 nitrogen and oxygen atoms in total. The molecule has 1 rings (SSSR count). The maximum absolute atomic E-state index is 9.77. The van der Waals surface area contributed by atoms with Crippen molar-refractivity contribution in [3.8, 4) is 0 Å². The van der Waals surface area contributed by atoms with Crippen LogP contribution in [-0.4, -0.2) is 44.1 Å². The van der Waals surface area contributed by atoms with Gasteiger partial charge in [0.15, 0.2) is 0 Å². The van der Waals surface area contributed by atoms with Gasteiger partial charge in [-0.2, -0.15) is 0 Å². The summed E-state index contributed by atoms with van der Waals surface area (Å²) in [6.45, 7) is 6.95. The number of nitrogens with one attached hydrogen (secondary N) is 1. The van der Waals surface area contributed by atoms with E-state index in [1.807, 2.05) is 44.2 Å². The van der Waals surface area contributed by atoms with Crippen LogP contribution in [0.2, 0.25) is 0 Å². The van der Waals surface area contributed by atoms with Crippen LogP contribution in [-0.2, 0) is 9.47 Å². The molecule has 0 amide bonds. The highest BCUT2D eigenvalue weighted by atomic mass is 16.5. The fourth-order valence-corrected chi connectivity index (χ4v) is 1.69. The van der Waals surface area contributed by atoms with Gasteiger partial charge in [0.05, 0.1) is 25.4 Å². The van der Waals surface area contributed by atoms with Crippen LogP contribution >= 0.6 is 0 Å². The monoisotopic (exact) mass is 267 g/mol. The highest BCUT2D eigenvalue weighted by Crippen LogP contribution is 2.15. The van der Waals surface area contributed by atoms with E-state index in [2.05, 4.69) is 5.32 Å². The van der Waals surface area contributed by atoms with E-state index >= 15 is 0 Å². The third-order valence-electron chi connectivity index (χ3n) is 2.81. The van der Waals surface area contributed by atoms with Gasteiger partial charge in [-0.05, 0) is 19.4 Å². The van der Waals surface area contributed by atoms with Crippen LogP contribution in [0.15, 0.2) is 30.3 Å². The molecule has 0 aromatic heterocycles. The molecule has 0 aliphatic carbocycles. The van der Waals surface area contributed by atoms with E-state index in [4.69, 9.17) is 9.47 Å². The number of aliphatic hydroxyl groups is 1. The first-order valence-corrected chi connectivity index (χ1v) is 6.87. The first-order chi connectivity index (χ1) is 9.24. The van der Waals surface area contributed by atoms with E-state index in [9.17, 15) is 5.11 Å². The molecule has 0 heterocycles. The van der Waals surface area contributed by atoms with Crippen LogP contribution in [0.5, 0.6) is 0 Å². The molecule has 0 aliphatic heterocycles. The molecule has 0 aliphatic rings.